The molecule has 0 aliphatic heterocycles. The molecule has 152 valence electrons. The Morgan fingerprint density at radius 3 is 2.36 bits per heavy atom. The largest absolute Gasteiger partial charge is 0.497 e. The summed E-state index contributed by atoms with van der Waals surface area (Å²) in [6.45, 7) is 0.174. The Kier molecular flexibility index (Phi) is 7.53. The van der Waals surface area contributed by atoms with E-state index in [4.69, 9.17) is 21.1 Å². The molecule has 1 amide bonds. The maximum Gasteiger partial charge on any atom is 0.232 e. The van der Waals surface area contributed by atoms with Crippen molar-refractivity contribution in [2.24, 2.45) is 0 Å². The number of halogens is 1. The Morgan fingerprint density at radius 2 is 1.79 bits per heavy atom. The van der Waals surface area contributed by atoms with Gasteiger partial charge in [-0.25, -0.2) is 8.42 Å². The van der Waals surface area contributed by atoms with E-state index in [-0.39, 0.29) is 18.9 Å². The molecule has 0 spiro atoms. The number of hydrogen-bond acceptors (Lipinski definition) is 5. The third-order valence-electron chi connectivity index (χ3n) is 3.96. The fraction of sp³-hybridized carbons (Fsp3) is 0.316. The summed E-state index contributed by atoms with van der Waals surface area (Å²) in [5.41, 5.74) is 1.02. The molecule has 0 atom stereocenters. The number of hydrogen-bond donors (Lipinski definition) is 1. The summed E-state index contributed by atoms with van der Waals surface area (Å²) >= 11 is 5.86. The third kappa shape index (κ3) is 6.03. The molecule has 0 unspecified atom stereocenters. The molecule has 0 aliphatic carbocycles. The molecular weight excluding hydrogens is 404 g/mol. The first-order chi connectivity index (χ1) is 13.2. The van der Waals surface area contributed by atoms with Gasteiger partial charge in [-0.15, -0.1) is 0 Å². The minimum Gasteiger partial charge on any atom is -0.497 e. The first-order valence-corrected chi connectivity index (χ1v) is 10.7. The van der Waals surface area contributed by atoms with Crippen molar-refractivity contribution >= 4 is 38.9 Å². The van der Waals surface area contributed by atoms with Crippen LogP contribution in [-0.2, 0) is 14.8 Å². The van der Waals surface area contributed by atoms with Crippen molar-refractivity contribution < 1.29 is 22.7 Å². The average molecular weight is 427 g/mol. The van der Waals surface area contributed by atoms with Gasteiger partial charge in [-0.1, -0.05) is 11.6 Å². The highest BCUT2D eigenvalue weighted by Crippen LogP contribution is 2.29. The van der Waals surface area contributed by atoms with Gasteiger partial charge >= 0.3 is 0 Å². The predicted octanol–water partition coefficient (Wildman–Crippen LogP) is 3.54. The number of carbonyl (C=O) groups excluding carboxylic acids is 1. The summed E-state index contributed by atoms with van der Waals surface area (Å²) in [5, 5.41) is 3.29. The van der Waals surface area contributed by atoms with Crippen LogP contribution in [-0.4, -0.2) is 41.3 Å². The second-order valence-corrected chi connectivity index (χ2v) is 8.37. The van der Waals surface area contributed by atoms with E-state index < -0.39 is 10.0 Å². The molecule has 2 aromatic rings. The van der Waals surface area contributed by atoms with E-state index in [0.29, 0.717) is 34.3 Å². The number of benzene rings is 2. The van der Waals surface area contributed by atoms with Crippen LogP contribution in [0.15, 0.2) is 42.5 Å². The lowest BCUT2D eigenvalue weighted by Crippen LogP contribution is -2.31. The molecular formula is C19H23ClN2O5S. The van der Waals surface area contributed by atoms with Crippen LogP contribution >= 0.6 is 11.6 Å². The molecule has 0 fully saturated rings. The Bertz CT molecular complexity index is 916. The molecule has 28 heavy (non-hydrogen) atoms. The standard InChI is InChI=1S/C19H23ClN2O5S/c1-26-16-10-11-17(18(13-16)27-2)21-19(23)5-4-12-22(28(3,24)25)15-8-6-14(20)7-9-15/h6-11,13H,4-5,12H2,1-3H3,(H,21,23). The normalized spacial score (nSPS) is 11.0. The van der Waals surface area contributed by atoms with Crippen molar-refractivity contribution in [3.8, 4) is 11.5 Å². The monoisotopic (exact) mass is 426 g/mol. The number of sulfonamides is 1. The number of nitrogens with zero attached hydrogens (tertiary/aromatic N) is 1. The molecule has 2 rings (SSSR count). The Hall–Kier alpha value is -2.45. The maximum atomic E-state index is 12.3. The average Bonchev–Trinajstić information content (AvgIpc) is 2.65. The lowest BCUT2D eigenvalue weighted by Gasteiger charge is -2.22. The van der Waals surface area contributed by atoms with Gasteiger partial charge in [-0.05, 0) is 42.8 Å². The van der Waals surface area contributed by atoms with Gasteiger partial charge in [0, 0.05) is 24.1 Å². The van der Waals surface area contributed by atoms with Gasteiger partial charge in [-0.3, -0.25) is 9.10 Å². The smallest absolute Gasteiger partial charge is 0.232 e. The second-order valence-electron chi connectivity index (χ2n) is 6.03. The Morgan fingerprint density at radius 1 is 1.11 bits per heavy atom. The molecule has 0 heterocycles. The zero-order chi connectivity index (χ0) is 20.7. The lowest BCUT2D eigenvalue weighted by atomic mass is 10.2. The van der Waals surface area contributed by atoms with Gasteiger partial charge in [0.05, 0.1) is 31.9 Å². The van der Waals surface area contributed by atoms with Gasteiger partial charge in [0.15, 0.2) is 0 Å². The first kappa shape index (κ1) is 21.8. The predicted molar refractivity (Wildman–Crippen MR) is 111 cm³/mol. The van der Waals surface area contributed by atoms with Crippen LogP contribution in [0.3, 0.4) is 0 Å². The Balaban J connectivity index is 1.99. The van der Waals surface area contributed by atoms with Crippen molar-refractivity contribution in [1.29, 1.82) is 0 Å². The molecule has 0 aliphatic rings. The van der Waals surface area contributed by atoms with E-state index in [0.717, 1.165) is 6.26 Å². The van der Waals surface area contributed by atoms with Crippen LogP contribution in [0, 0.1) is 0 Å². The molecule has 2 aromatic carbocycles. The van der Waals surface area contributed by atoms with E-state index in [2.05, 4.69) is 5.32 Å². The first-order valence-electron chi connectivity index (χ1n) is 8.49. The van der Waals surface area contributed by atoms with Crippen molar-refractivity contribution in [2.45, 2.75) is 12.8 Å². The fourth-order valence-corrected chi connectivity index (χ4v) is 3.68. The summed E-state index contributed by atoms with van der Waals surface area (Å²) in [6.07, 6.45) is 1.62. The van der Waals surface area contributed by atoms with E-state index in [1.165, 1.54) is 11.4 Å². The highest BCUT2D eigenvalue weighted by atomic mass is 35.5. The third-order valence-corrected chi connectivity index (χ3v) is 5.41. The molecule has 0 saturated heterocycles. The SMILES string of the molecule is COc1ccc(NC(=O)CCCN(c2ccc(Cl)cc2)S(C)(=O)=O)c(OC)c1. The topological polar surface area (TPSA) is 84.9 Å². The minimum absolute atomic E-state index is 0.148. The number of nitrogens with one attached hydrogen (secondary N) is 1. The van der Waals surface area contributed by atoms with E-state index in [9.17, 15) is 13.2 Å². The van der Waals surface area contributed by atoms with Gasteiger partial charge in [0.1, 0.15) is 11.5 Å². The molecule has 0 bridgehead atoms. The number of rotatable bonds is 9. The van der Waals surface area contributed by atoms with Crippen molar-refractivity contribution in [1.82, 2.24) is 0 Å². The van der Waals surface area contributed by atoms with Crippen LogP contribution < -0.4 is 19.1 Å². The van der Waals surface area contributed by atoms with E-state index in [1.807, 2.05) is 0 Å². The number of anilines is 2. The maximum absolute atomic E-state index is 12.3. The number of carbonyl (C=O) groups is 1. The van der Waals surface area contributed by atoms with Gasteiger partial charge in [0.2, 0.25) is 15.9 Å². The molecule has 0 aromatic heterocycles. The summed E-state index contributed by atoms with van der Waals surface area (Å²) < 4.78 is 35.8. The van der Waals surface area contributed by atoms with Gasteiger partial charge < -0.3 is 14.8 Å². The van der Waals surface area contributed by atoms with Crippen LogP contribution in [0.4, 0.5) is 11.4 Å². The summed E-state index contributed by atoms with van der Waals surface area (Å²) in [7, 11) is -0.438. The zero-order valence-electron chi connectivity index (χ0n) is 15.9. The van der Waals surface area contributed by atoms with E-state index >= 15 is 0 Å². The second kappa shape index (κ2) is 9.66. The lowest BCUT2D eigenvalue weighted by molar-refractivity contribution is -0.116. The zero-order valence-corrected chi connectivity index (χ0v) is 17.5. The molecule has 9 heteroatoms. The van der Waals surface area contributed by atoms with Crippen LogP contribution in [0.2, 0.25) is 5.02 Å². The van der Waals surface area contributed by atoms with Crippen LogP contribution in [0.25, 0.3) is 0 Å². The fourth-order valence-electron chi connectivity index (χ4n) is 2.59. The van der Waals surface area contributed by atoms with E-state index in [1.54, 1.807) is 49.6 Å². The van der Waals surface area contributed by atoms with Gasteiger partial charge in [0.25, 0.3) is 0 Å². The quantitative estimate of drug-likeness (QED) is 0.662. The Labute approximate surface area is 170 Å². The van der Waals surface area contributed by atoms with Crippen molar-refractivity contribution in [2.75, 3.05) is 36.6 Å². The van der Waals surface area contributed by atoms with Crippen molar-refractivity contribution in [3.05, 3.63) is 47.5 Å². The van der Waals surface area contributed by atoms with Crippen LogP contribution in [0.1, 0.15) is 12.8 Å². The number of amides is 1. The summed E-state index contributed by atoms with van der Waals surface area (Å²) in [4.78, 5) is 12.3. The molecule has 1 N–H and O–H groups in total. The van der Waals surface area contributed by atoms with Gasteiger partial charge in [-0.2, -0.15) is 0 Å². The summed E-state index contributed by atoms with van der Waals surface area (Å²) in [5.74, 6) is 0.848. The minimum atomic E-state index is -3.48. The van der Waals surface area contributed by atoms with Crippen LogP contribution in [0.5, 0.6) is 11.5 Å². The summed E-state index contributed by atoms with van der Waals surface area (Å²) in [6, 6.07) is 11.6. The number of ether oxygens (including phenoxy) is 2. The van der Waals surface area contributed by atoms with Crippen molar-refractivity contribution in [3.63, 3.8) is 0 Å². The molecule has 0 radical (unpaired) electrons. The highest BCUT2D eigenvalue weighted by molar-refractivity contribution is 7.92. The molecule has 7 nitrogen and oxygen atoms in total. The number of methoxy groups -OCH3 is 2. The highest BCUT2D eigenvalue weighted by Gasteiger charge is 2.18. The molecule has 0 saturated carbocycles.